The van der Waals surface area contributed by atoms with Gasteiger partial charge in [-0.2, -0.15) is 0 Å². The highest BCUT2D eigenvalue weighted by atomic mass is 16.5. The summed E-state index contributed by atoms with van der Waals surface area (Å²) in [7, 11) is 0. The fourth-order valence-electron chi connectivity index (χ4n) is 6.11. The molecule has 5 aliphatic rings. The highest BCUT2D eigenvalue weighted by molar-refractivity contribution is 5.76. The van der Waals surface area contributed by atoms with Crippen LogP contribution in [-0.2, 0) is 4.74 Å². The Morgan fingerprint density at radius 3 is 2.41 bits per heavy atom. The standard InChI is InChI=1S/C23H34N4O2/c1-22-15-19(16-22)17-27(22)21(28)24-18-23(7-13-29-14-8-23)26-11-9-25(10-12-26)20-5-3-2-4-6-20/h2-6,19H,7-18H2,1H3,(H,24,28). The molecule has 1 N–H and O–H groups in total. The van der Waals surface area contributed by atoms with Crippen LogP contribution in [0.15, 0.2) is 30.3 Å². The number of benzene rings is 1. The summed E-state index contributed by atoms with van der Waals surface area (Å²) in [5.74, 6) is 0.730. The van der Waals surface area contributed by atoms with E-state index in [9.17, 15) is 4.79 Å². The molecular formula is C23H34N4O2. The first-order valence-electron chi connectivity index (χ1n) is 11.3. The lowest BCUT2D eigenvalue weighted by Crippen LogP contribution is -2.64. The van der Waals surface area contributed by atoms with Crippen LogP contribution in [0.2, 0.25) is 0 Å². The summed E-state index contributed by atoms with van der Waals surface area (Å²) in [4.78, 5) is 20.1. The lowest BCUT2D eigenvalue weighted by molar-refractivity contribution is -0.0298. The molecular weight excluding hydrogens is 364 g/mol. The second kappa shape index (κ2) is 7.47. The topological polar surface area (TPSA) is 48.1 Å². The van der Waals surface area contributed by atoms with Gasteiger partial charge in [-0.3, -0.25) is 4.90 Å². The third-order valence-electron chi connectivity index (χ3n) is 7.86. The smallest absolute Gasteiger partial charge is 0.317 e. The van der Waals surface area contributed by atoms with Crippen LogP contribution in [0.4, 0.5) is 10.5 Å². The molecule has 1 aromatic rings. The molecule has 158 valence electrons. The van der Waals surface area contributed by atoms with Crippen LogP contribution in [0, 0.1) is 5.92 Å². The number of para-hydroxylation sites is 1. The summed E-state index contributed by atoms with van der Waals surface area (Å²) in [6.45, 7) is 9.63. The molecule has 6 rings (SSSR count). The minimum Gasteiger partial charge on any atom is -0.381 e. The van der Waals surface area contributed by atoms with Crippen LogP contribution in [0.3, 0.4) is 0 Å². The van der Waals surface area contributed by atoms with E-state index in [2.05, 4.69) is 57.3 Å². The van der Waals surface area contributed by atoms with Gasteiger partial charge in [0.15, 0.2) is 0 Å². The molecule has 0 aromatic heterocycles. The van der Waals surface area contributed by atoms with Crippen molar-refractivity contribution in [3.8, 4) is 0 Å². The van der Waals surface area contributed by atoms with E-state index in [-0.39, 0.29) is 17.1 Å². The van der Waals surface area contributed by atoms with Crippen LogP contribution >= 0.6 is 0 Å². The summed E-state index contributed by atoms with van der Waals surface area (Å²) in [6, 6.07) is 10.8. The van der Waals surface area contributed by atoms with Crippen molar-refractivity contribution in [3.05, 3.63) is 30.3 Å². The average Bonchev–Trinajstić information content (AvgIpc) is 3.27. The maximum atomic E-state index is 12.9. The van der Waals surface area contributed by atoms with E-state index in [0.717, 1.165) is 71.2 Å². The molecule has 4 aliphatic heterocycles. The van der Waals surface area contributed by atoms with Crippen molar-refractivity contribution in [2.24, 2.45) is 5.92 Å². The van der Waals surface area contributed by atoms with Gasteiger partial charge in [-0.15, -0.1) is 0 Å². The van der Waals surface area contributed by atoms with Crippen LogP contribution in [-0.4, -0.2) is 79.4 Å². The number of hydrogen-bond donors (Lipinski definition) is 1. The number of rotatable bonds is 4. The van der Waals surface area contributed by atoms with Gasteiger partial charge >= 0.3 is 6.03 Å². The maximum Gasteiger partial charge on any atom is 0.317 e. The van der Waals surface area contributed by atoms with Crippen LogP contribution < -0.4 is 10.2 Å². The second-order valence-electron chi connectivity index (χ2n) is 9.69. The number of urea groups is 1. The predicted molar refractivity (Wildman–Crippen MR) is 114 cm³/mol. The predicted octanol–water partition coefficient (Wildman–Crippen LogP) is 2.55. The third kappa shape index (κ3) is 3.50. The first-order valence-corrected chi connectivity index (χ1v) is 11.3. The molecule has 0 unspecified atom stereocenters. The van der Waals surface area contributed by atoms with Crippen molar-refractivity contribution < 1.29 is 9.53 Å². The first-order chi connectivity index (χ1) is 14.1. The molecule has 0 atom stereocenters. The fourth-order valence-corrected chi connectivity index (χ4v) is 6.11. The van der Waals surface area contributed by atoms with E-state index in [1.54, 1.807) is 0 Å². The Kier molecular flexibility index (Phi) is 4.95. The molecule has 29 heavy (non-hydrogen) atoms. The van der Waals surface area contributed by atoms with Gasteiger partial charge in [0.1, 0.15) is 0 Å². The Morgan fingerprint density at radius 1 is 1.10 bits per heavy atom. The Morgan fingerprint density at radius 2 is 1.79 bits per heavy atom. The van der Waals surface area contributed by atoms with Gasteiger partial charge in [-0.1, -0.05) is 18.2 Å². The Balaban J connectivity index is 1.22. The molecule has 0 spiro atoms. The number of carbonyl (C=O) groups is 1. The summed E-state index contributed by atoms with van der Waals surface area (Å²) in [5.41, 5.74) is 1.45. The van der Waals surface area contributed by atoms with Gasteiger partial charge in [-0.25, -0.2) is 4.79 Å². The van der Waals surface area contributed by atoms with Crippen molar-refractivity contribution in [1.29, 1.82) is 0 Å². The van der Waals surface area contributed by atoms with Crippen LogP contribution in [0.25, 0.3) is 0 Å². The minimum atomic E-state index is 0.0280. The number of hydrogen-bond acceptors (Lipinski definition) is 4. The zero-order valence-corrected chi connectivity index (χ0v) is 17.6. The first kappa shape index (κ1) is 19.2. The summed E-state index contributed by atoms with van der Waals surface area (Å²) < 4.78 is 5.69. The number of fused-ring (bicyclic) bond motifs is 1. The van der Waals surface area contributed by atoms with Gasteiger partial charge < -0.3 is 19.9 Å². The Labute approximate surface area is 174 Å². The van der Waals surface area contributed by atoms with Gasteiger partial charge in [0.25, 0.3) is 0 Å². The number of amides is 2. The molecule has 2 bridgehead atoms. The van der Waals surface area contributed by atoms with Gasteiger partial charge in [-0.05, 0) is 50.7 Å². The van der Waals surface area contributed by atoms with Crippen molar-refractivity contribution in [3.63, 3.8) is 0 Å². The van der Waals surface area contributed by atoms with Crippen molar-refractivity contribution in [2.45, 2.75) is 43.7 Å². The molecule has 4 saturated heterocycles. The quantitative estimate of drug-likeness (QED) is 0.847. The van der Waals surface area contributed by atoms with Crippen molar-refractivity contribution >= 4 is 11.7 Å². The molecule has 1 aliphatic carbocycles. The number of carbonyl (C=O) groups excluding carboxylic acids is 1. The molecule has 4 heterocycles. The van der Waals surface area contributed by atoms with E-state index >= 15 is 0 Å². The van der Waals surface area contributed by atoms with E-state index in [0.29, 0.717) is 0 Å². The fraction of sp³-hybridized carbons (Fsp3) is 0.696. The van der Waals surface area contributed by atoms with Gasteiger partial charge in [0, 0.05) is 69.2 Å². The maximum absolute atomic E-state index is 12.9. The molecule has 1 aromatic carbocycles. The molecule has 2 amide bonds. The molecule has 0 radical (unpaired) electrons. The molecule has 6 nitrogen and oxygen atoms in total. The summed E-state index contributed by atoms with van der Waals surface area (Å²) >= 11 is 0. The number of anilines is 1. The van der Waals surface area contributed by atoms with E-state index in [4.69, 9.17) is 4.74 Å². The third-order valence-corrected chi connectivity index (χ3v) is 7.86. The zero-order chi connectivity index (χ0) is 19.9. The average molecular weight is 399 g/mol. The largest absolute Gasteiger partial charge is 0.381 e. The van der Waals surface area contributed by atoms with E-state index in [1.807, 2.05) is 0 Å². The number of nitrogens with one attached hydrogen (secondary N) is 1. The molecule has 6 heteroatoms. The van der Waals surface area contributed by atoms with Crippen molar-refractivity contribution in [1.82, 2.24) is 15.1 Å². The van der Waals surface area contributed by atoms with E-state index in [1.165, 1.54) is 18.5 Å². The highest BCUT2D eigenvalue weighted by Crippen LogP contribution is 2.50. The zero-order valence-electron chi connectivity index (χ0n) is 17.6. The van der Waals surface area contributed by atoms with Gasteiger partial charge in [0.2, 0.25) is 0 Å². The van der Waals surface area contributed by atoms with Crippen LogP contribution in [0.5, 0.6) is 0 Å². The Hall–Kier alpha value is -1.79. The Bertz CT molecular complexity index is 720. The van der Waals surface area contributed by atoms with Gasteiger partial charge in [0.05, 0.1) is 0 Å². The monoisotopic (exact) mass is 398 g/mol. The molecule has 1 saturated carbocycles. The minimum absolute atomic E-state index is 0.0280. The second-order valence-corrected chi connectivity index (χ2v) is 9.69. The number of ether oxygens (including phenoxy) is 1. The lowest BCUT2D eigenvalue weighted by Gasteiger charge is -2.50. The van der Waals surface area contributed by atoms with Crippen LogP contribution in [0.1, 0.15) is 32.6 Å². The lowest BCUT2D eigenvalue weighted by atomic mass is 9.75. The molecule has 5 fully saturated rings. The normalized spacial score (nSPS) is 31.4. The van der Waals surface area contributed by atoms with Crippen molar-refractivity contribution in [2.75, 3.05) is 57.4 Å². The highest BCUT2D eigenvalue weighted by Gasteiger charge is 2.54. The summed E-state index contributed by atoms with van der Waals surface area (Å²) in [5, 5.41) is 3.33. The SMILES string of the molecule is CC12CC(CN1C(=O)NCC1(N3CCN(c4ccccc4)CC3)CCOCC1)C2. The van der Waals surface area contributed by atoms with E-state index < -0.39 is 0 Å². The number of nitrogens with zero attached hydrogens (tertiary/aromatic N) is 3. The number of piperazine rings is 1. The summed E-state index contributed by atoms with van der Waals surface area (Å²) in [6.07, 6.45) is 4.36.